The summed E-state index contributed by atoms with van der Waals surface area (Å²) in [5.74, 6) is -0.969. The van der Waals surface area contributed by atoms with Gasteiger partial charge in [0.2, 0.25) is 0 Å². The summed E-state index contributed by atoms with van der Waals surface area (Å²) in [5, 5.41) is 3.05. The minimum atomic E-state index is -1.02. The fourth-order valence-electron chi connectivity index (χ4n) is 2.11. The van der Waals surface area contributed by atoms with E-state index in [1.165, 1.54) is 19.2 Å². The normalized spacial score (nSPS) is 12.4. The molecule has 5 nitrogen and oxygen atoms in total. The molecule has 0 aliphatic heterocycles. The molecule has 2 aromatic rings. The molecule has 0 spiro atoms. The number of nitrogens with zero attached hydrogens (tertiary/aromatic N) is 1. The van der Waals surface area contributed by atoms with Crippen molar-refractivity contribution in [2.24, 2.45) is 0 Å². The van der Waals surface area contributed by atoms with Gasteiger partial charge in [-0.2, -0.15) is 0 Å². The van der Waals surface area contributed by atoms with Crippen LogP contribution in [-0.4, -0.2) is 23.0 Å². The van der Waals surface area contributed by atoms with Crippen molar-refractivity contribution in [1.29, 1.82) is 0 Å². The number of carbonyl (C=O) groups excluding carboxylic acids is 2. The van der Waals surface area contributed by atoms with Gasteiger partial charge < -0.3 is 10.1 Å². The standard InChI is InChI=1S/C19H20Cl2N2O3/c1-11(17(24)23-16-15(21)9-14(20)10-22-16)26-18(25)12-5-7-13(8-6-12)19(2,3)4/h5-11H,1-4H3,(H,22,23,24)/t11-/m0/s1. The van der Waals surface area contributed by atoms with E-state index < -0.39 is 18.0 Å². The Morgan fingerprint density at radius 3 is 2.31 bits per heavy atom. The van der Waals surface area contributed by atoms with Crippen LogP contribution in [0.3, 0.4) is 0 Å². The number of esters is 1. The van der Waals surface area contributed by atoms with Gasteiger partial charge in [0, 0.05) is 6.20 Å². The number of benzene rings is 1. The topological polar surface area (TPSA) is 68.3 Å². The lowest BCUT2D eigenvalue weighted by Crippen LogP contribution is -2.30. The predicted molar refractivity (Wildman–Crippen MR) is 103 cm³/mol. The largest absolute Gasteiger partial charge is 0.449 e. The van der Waals surface area contributed by atoms with E-state index in [4.69, 9.17) is 27.9 Å². The summed E-state index contributed by atoms with van der Waals surface area (Å²) in [6.07, 6.45) is 0.342. The zero-order valence-electron chi connectivity index (χ0n) is 15.0. The number of halogens is 2. The Morgan fingerprint density at radius 1 is 1.15 bits per heavy atom. The van der Waals surface area contributed by atoms with Gasteiger partial charge in [-0.05, 0) is 36.1 Å². The Balaban J connectivity index is 2.00. The molecule has 0 saturated heterocycles. The number of hydrogen-bond acceptors (Lipinski definition) is 4. The summed E-state index contributed by atoms with van der Waals surface area (Å²) in [6, 6.07) is 8.58. The van der Waals surface area contributed by atoms with Crippen LogP contribution in [0.4, 0.5) is 5.82 Å². The first-order valence-corrected chi connectivity index (χ1v) is 8.77. The molecule has 1 atom stereocenters. The Morgan fingerprint density at radius 2 is 1.77 bits per heavy atom. The molecule has 0 fully saturated rings. The second-order valence-corrected chi connectivity index (χ2v) is 7.69. The second kappa shape index (κ2) is 8.06. The van der Waals surface area contributed by atoms with Gasteiger partial charge in [-0.25, -0.2) is 9.78 Å². The fraction of sp³-hybridized carbons (Fsp3) is 0.316. The quantitative estimate of drug-likeness (QED) is 0.750. The lowest BCUT2D eigenvalue weighted by Gasteiger charge is -2.19. The second-order valence-electron chi connectivity index (χ2n) is 6.85. The average molecular weight is 395 g/mol. The molecule has 7 heteroatoms. The van der Waals surface area contributed by atoms with E-state index in [1.54, 1.807) is 12.1 Å². The van der Waals surface area contributed by atoms with Gasteiger partial charge in [0.1, 0.15) is 0 Å². The number of anilines is 1. The van der Waals surface area contributed by atoms with Crippen LogP contribution >= 0.6 is 23.2 Å². The van der Waals surface area contributed by atoms with E-state index in [0.717, 1.165) is 5.56 Å². The van der Waals surface area contributed by atoms with Crippen LogP contribution in [0.5, 0.6) is 0 Å². The van der Waals surface area contributed by atoms with Crippen molar-refractivity contribution >= 4 is 40.9 Å². The highest BCUT2D eigenvalue weighted by Gasteiger charge is 2.21. The van der Waals surface area contributed by atoms with Gasteiger partial charge in [0.05, 0.1) is 15.6 Å². The molecule has 1 aromatic heterocycles. The first kappa shape index (κ1) is 20.2. The Labute approximate surface area is 162 Å². The lowest BCUT2D eigenvalue weighted by molar-refractivity contribution is -0.123. The number of carbonyl (C=O) groups is 2. The minimum Gasteiger partial charge on any atom is -0.449 e. The van der Waals surface area contributed by atoms with Gasteiger partial charge in [-0.3, -0.25) is 4.79 Å². The molecule has 0 aliphatic rings. The minimum absolute atomic E-state index is 0.0134. The van der Waals surface area contributed by atoms with Gasteiger partial charge in [-0.15, -0.1) is 0 Å². The third-order valence-electron chi connectivity index (χ3n) is 3.69. The molecular formula is C19H20Cl2N2O3. The summed E-state index contributed by atoms with van der Waals surface area (Å²) in [6.45, 7) is 7.73. The van der Waals surface area contributed by atoms with Crippen LogP contribution in [0.15, 0.2) is 36.5 Å². The smallest absolute Gasteiger partial charge is 0.338 e. The molecule has 0 bridgehead atoms. The lowest BCUT2D eigenvalue weighted by atomic mass is 9.87. The van der Waals surface area contributed by atoms with Crippen molar-refractivity contribution < 1.29 is 14.3 Å². The van der Waals surface area contributed by atoms with Crippen molar-refractivity contribution in [3.63, 3.8) is 0 Å². The number of ether oxygens (including phenoxy) is 1. The Bertz CT molecular complexity index is 815. The van der Waals surface area contributed by atoms with Gasteiger partial charge in [0.25, 0.3) is 5.91 Å². The number of aromatic nitrogens is 1. The van der Waals surface area contributed by atoms with E-state index in [1.807, 2.05) is 12.1 Å². The number of hydrogen-bond donors (Lipinski definition) is 1. The Hall–Kier alpha value is -2.11. The SMILES string of the molecule is C[C@H](OC(=O)c1ccc(C(C)(C)C)cc1)C(=O)Nc1ncc(Cl)cc1Cl. The summed E-state index contributed by atoms with van der Waals surface area (Å²) < 4.78 is 5.21. The van der Waals surface area contributed by atoms with E-state index in [2.05, 4.69) is 31.1 Å². The van der Waals surface area contributed by atoms with Crippen LogP contribution in [0.1, 0.15) is 43.6 Å². The molecule has 0 radical (unpaired) electrons. The van der Waals surface area contributed by atoms with E-state index in [9.17, 15) is 9.59 Å². The molecule has 1 aromatic carbocycles. The first-order chi connectivity index (χ1) is 12.1. The van der Waals surface area contributed by atoms with Crippen LogP contribution in [0.25, 0.3) is 0 Å². The zero-order chi connectivity index (χ0) is 19.5. The maximum absolute atomic E-state index is 12.2. The number of pyridine rings is 1. The first-order valence-electron chi connectivity index (χ1n) is 8.01. The van der Waals surface area contributed by atoms with Crippen LogP contribution in [0.2, 0.25) is 10.0 Å². The monoisotopic (exact) mass is 394 g/mol. The molecule has 0 saturated carbocycles. The van der Waals surface area contributed by atoms with Crippen molar-refractivity contribution in [2.75, 3.05) is 5.32 Å². The molecule has 2 rings (SSSR count). The van der Waals surface area contributed by atoms with E-state index in [-0.39, 0.29) is 16.3 Å². The van der Waals surface area contributed by atoms with Crippen LogP contribution < -0.4 is 5.32 Å². The summed E-state index contributed by atoms with van der Waals surface area (Å²) >= 11 is 11.7. The molecule has 1 N–H and O–H groups in total. The highest BCUT2D eigenvalue weighted by molar-refractivity contribution is 6.36. The van der Waals surface area contributed by atoms with Crippen LogP contribution in [0, 0.1) is 0 Å². The third kappa shape index (κ3) is 5.19. The molecule has 1 amide bonds. The van der Waals surface area contributed by atoms with Crippen molar-refractivity contribution in [2.45, 2.75) is 39.2 Å². The highest BCUT2D eigenvalue weighted by Crippen LogP contribution is 2.24. The maximum atomic E-state index is 12.2. The van der Waals surface area contributed by atoms with Crippen molar-refractivity contribution in [3.05, 3.63) is 57.7 Å². The molecule has 26 heavy (non-hydrogen) atoms. The Kier molecular flexibility index (Phi) is 6.26. The van der Waals surface area contributed by atoms with Gasteiger partial charge in [0.15, 0.2) is 11.9 Å². The molecule has 138 valence electrons. The number of amides is 1. The maximum Gasteiger partial charge on any atom is 0.338 e. The van der Waals surface area contributed by atoms with Crippen molar-refractivity contribution in [1.82, 2.24) is 4.98 Å². The van der Waals surface area contributed by atoms with E-state index in [0.29, 0.717) is 10.6 Å². The van der Waals surface area contributed by atoms with E-state index >= 15 is 0 Å². The predicted octanol–water partition coefficient (Wildman–Crippen LogP) is 4.87. The number of nitrogens with one attached hydrogen (secondary N) is 1. The summed E-state index contributed by atoms with van der Waals surface area (Å²) in [4.78, 5) is 28.3. The molecule has 0 aliphatic carbocycles. The van der Waals surface area contributed by atoms with Crippen LogP contribution in [-0.2, 0) is 14.9 Å². The van der Waals surface area contributed by atoms with Gasteiger partial charge >= 0.3 is 5.97 Å². The summed E-state index contributed by atoms with van der Waals surface area (Å²) in [5.41, 5.74) is 1.46. The number of rotatable bonds is 4. The highest BCUT2D eigenvalue weighted by atomic mass is 35.5. The molecular weight excluding hydrogens is 375 g/mol. The zero-order valence-corrected chi connectivity index (χ0v) is 16.5. The molecule has 1 heterocycles. The third-order valence-corrected chi connectivity index (χ3v) is 4.18. The summed E-state index contributed by atoms with van der Waals surface area (Å²) in [7, 11) is 0. The van der Waals surface area contributed by atoms with Crippen molar-refractivity contribution in [3.8, 4) is 0 Å². The fourth-order valence-corrected chi connectivity index (χ4v) is 2.54. The van der Waals surface area contributed by atoms with Gasteiger partial charge in [-0.1, -0.05) is 56.1 Å². The molecule has 0 unspecified atom stereocenters. The average Bonchev–Trinajstić information content (AvgIpc) is 2.56.